The van der Waals surface area contributed by atoms with E-state index in [0.717, 1.165) is 37.4 Å². The average molecular weight is 340 g/mol. The lowest BCUT2D eigenvalue weighted by Gasteiger charge is -2.22. The molecule has 1 aromatic carbocycles. The van der Waals surface area contributed by atoms with Gasteiger partial charge in [-0.3, -0.25) is 4.79 Å². The van der Waals surface area contributed by atoms with E-state index in [1.807, 2.05) is 24.3 Å². The van der Waals surface area contributed by atoms with Crippen LogP contribution in [0, 0.1) is 0 Å². The highest BCUT2D eigenvalue weighted by atomic mass is 16.1. The summed E-state index contributed by atoms with van der Waals surface area (Å²) in [6.07, 6.45) is 5.33. The van der Waals surface area contributed by atoms with Crippen LogP contribution < -0.4 is 10.2 Å². The third-order valence-electron chi connectivity index (χ3n) is 4.02. The van der Waals surface area contributed by atoms with E-state index in [-0.39, 0.29) is 5.91 Å². The molecule has 25 heavy (non-hydrogen) atoms. The van der Waals surface area contributed by atoms with Crippen LogP contribution in [0.4, 0.5) is 11.5 Å². The van der Waals surface area contributed by atoms with Crippen LogP contribution in [0.2, 0.25) is 0 Å². The zero-order valence-electron chi connectivity index (χ0n) is 15.6. The van der Waals surface area contributed by atoms with Gasteiger partial charge in [0.1, 0.15) is 11.5 Å². The van der Waals surface area contributed by atoms with Crippen molar-refractivity contribution in [3.8, 4) is 0 Å². The fourth-order valence-corrected chi connectivity index (χ4v) is 2.63. The van der Waals surface area contributed by atoms with Crippen molar-refractivity contribution in [2.45, 2.75) is 46.5 Å². The highest BCUT2D eigenvalue weighted by molar-refractivity contribution is 6.02. The first-order chi connectivity index (χ1) is 12.0. The van der Waals surface area contributed by atoms with E-state index in [1.54, 1.807) is 12.4 Å². The molecule has 5 heteroatoms. The smallest absolute Gasteiger partial charge is 0.275 e. The number of carbonyl (C=O) groups is 1. The Kier molecular flexibility index (Phi) is 6.92. The molecule has 0 aliphatic carbocycles. The Hall–Kier alpha value is -2.43. The minimum absolute atomic E-state index is 0.242. The van der Waals surface area contributed by atoms with Gasteiger partial charge in [-0.05, 0) is 36.5 Å². The maximum atomic E-state index is 12.3. The second kappa shape index (κ2) is 9.16. The molecule has 0 fully saturated rings. The van der Waals surface area contributed by atoms with Gasteiger partial charge in [0.25, 0.3) is 5.91 Å². The summed E-state index contributed by atoms with van der Waals surface area (Å²) in [7, 11) is 0. The number of rotatable bonds is 8. The Bertz CT molecular complexity index is 659. The summed E-state index contributed by atoms with van der Waals surface area (Å²) in [4.78, 5) is 23.2. The standard InChI is InChI=1S/C20H28N4O/c1-5-11-24(12-6-2)19-14-21-18(13-22-19)20(25)23-17-9-7-16(8-10-17)15(3)4/h7-10,13-15H,5-6,11-12H2,1-4H3,(H,23,25). The van der Waals surface area contributed by atoms with Gasteiger partial charge in [0.2, 0.25) is 0 Å². The van der Waals surface area contributed by atoms with Gasteiger partial charge < -0.3 is 10.2 Å². The van der Waals surface area contributed by atoms with Crippen molar-refractivity contribution in [2.75, 3.05) is 23.3 Å². The third-order valence-corrected chi connectivity index (χ3v) is 4.02. The molecule has 2 aromatic rings. The molecule has 1 heterocycles. The number of amides is 1. The van der Waals surface area contributed by atoms with E-state index < -0.39 is 0 Å². The van der Waals surface area contributed by atoms with Crippen LogP contribution in [0.3, 0.4) is 0 Å². The summed E-state index contributed by atoms with van der Waals surface area (Å²) in [5.41, 5.74) is 2.33. The molecular weight excluding hydrogens is 312 g/mol. The zero-order valence-corrected chi connectivity index (χ0v) is 15.6. The number of hydrogen-bond acceptors (Lipinski definition) is 4. The fraction of sp³-hybridized carbons (Fsp3) is 0.450. The molecule has 0 unspecified atom stereocenters. The summed E-state index contributed by atoms with van der Waals surface area (Å²) >= 11 is 0. The molecule has 1 N–H and O–H groups in total. The van der Waals surface area contributed by atoms with E-state index in [1.165, 1.54) is 5.56 Å². The Balaban J connectivity index is 2.04. The van der Waals surface area contributed by atoms with Crippen LogP contribution in [0.5, 0.6) is 0 Å². The lowest BCUT2D eigenvalue weighted by atomic mass is 10.0. The van der Waals surface area contributed by atoms with Crippen LogP contribution in [-0.4, -0.2) is 29.0 Å². The first-order valence-electron chi connectivity index (χ1n) is 9.03. The molecule has 0 radical (unpaired) electrons. The van der Waals surface area contributed by atoms with E-state index in [9.17, 15) is 4.79 Å². The molecule has 0 aliphatic rings. The molecule has 1 amide bonds. The molecule has 5 nitrogen and oxygen atoms in total. The zero-order chi connectivity index (χ0) is 18.2. The quantitative estimate of drug-likeness (QED) is 0.770. The van der Waals surface area contributed by atoms with Crippen molar-refractivity contribution in [3.05, 3.63) is 47.9 Å². The first-order valence-corrected chi connectivity index (χ1v) is 9.03. The number of aromatic nitrogens is 2. The molecule has 0 aliphatic heterocycles. The van der Waals surface area contributed by atoms with Crippen molar-refractivity contribution in [1.29, 1.82) is 0 Å². The summed E-state index contributed by atoms with van der Waals surface area (Å²) in [5.74, 6) is 1.05. The number of anilines is 2. The minimum atomic E-state index is -0.242. The largest absolute Gasteiger partial charge is 0.355 e. The normalized spacial score (nSPS) is 10.8. The Morgan fingerprint density at radius 2 is 1.68 bits per heavy atom. The van der Waals surface area contributed by atoms with Crippen molar-refractivity contribution < 1.29 is 4.79 Å². The molecular formula is C20H28N4O. The van der Waals surface area contributed by atoms with E-state index in [0.29, 0.717) is 11.6 Å². The van der Waals surface area contributed by atoms with Gasteiger partial charge >= 0.3 is 0 Å². The summed E-state index contributed by atoms with van der Waals surface area (Å²) in [6, 6.07) is 7.89. The van der Waals surface area contributed by atoms with E-state index in [4.69, 9.17) is 0 Å². The highest BCUT2D eigenvalue weighted by Crippen LogP contribution is 2.17. The second-order valence-electron chi connectivity index (χ2n) is 6.48. The number of hydrogen-bond donors (Lipinski definition) is 1. The fourth-order valence-electron chi connectivity index (χ4n) is 2.63. The predicted molar refractivity (Wildman–Crippen MR) is 103 cm³/mol. The summed E-state index contributed by atoms with van der Waals surface area (Å²) in [5, 5.41) is 2.87. The molecule has 0 bridgehead atoms. The van der Waals surface area contributed by atoms with Crippen molar-refractivity contribution in [2.24, 2.45) is 0 Å². The molecule has 1 aromatic heterocycles. The predicted octanol–water partition coefficient (Wildman–Crippen LogP) is 4.48. The van der Waals surface area contributed by atoms with Crippen LogP contribution in [0.25, 0.3) is 0 Å². The highest BCUT2D eigenvalue weighted by Gasteiger charge is 2.11. The van der Waals surface area contributed by atoms with Crippen molar-refractivity contribution in [3.63, 3.8) is 0 Å². The van der Waals surface area contributed by atoms with Crippen molar-refractivity contribution >= 4 is 17.4 Å². The van der Waals surface area contributed by atoms with Gasteiger partial charge in [0.05, 0.1) is 12.4 Å². The molecule has 0 spiro atoms. The topological polar surface area (TPSA) is 58.1 Å². The van der Waals surface area contributed by atoms with Gasteiger partial charge in [0.15, 0.2) is 0 Å². The van der Waals surface area contributed by atoms with Crippen molar-refractivity contribution in [1.82, 2.24) is 9.97 Å². The first kappa shape index (κ1) is 18.9. The molecule has 2 rings (SSSR count). The Labute approximate surface area is 150 Å². The lowest BCUT2D eigenvalue weighted by molar-refractivity contribution is 0.102. The second-order valence-corrected chi connectivity index (χ2v) is 6.48. The average Bonchev–Trinajstić information content (AvgIpc) is 2.62. The van der Waals surface area contributed by atoms with Crippen LogP contribution in [-0.2, 0) is 0 Å². The van der Waals surface area contributed by atoms with Crippen LogP contribution in [0.15, 0.2) is 36.7 Å². The van der Waals surface area contributed by atoms with Gasteiger partial charge in [-0.1, -0.05) is 39.8 Å². The minimum Gasteiger partial charge on any atom is -0.355 e. The molecule has 0 saturated carbocycles. The summed E-state index contributed by atoms with van der Waals surface area (Å²) < 4.78 is 0. The molecule has 0 atom stereocenters. The molecule has 134 valence electrons. The van der Waals surface area contributed by atoms with Gasteiger partial charge in [-0.2, -0.15) is 0 Å². The third kappa shape index (κ3) is 5.28. The number of carbonyl (C=O) groups excluding carboxylic acids is 1. The number of nitrogens with one attached hydrogen (secondary N) is 1. The Morgan fingerprint density at radius 1 is 1.04 bits per heavy atom. The maximum Gasteiger partial charge on any atom is 0.275 e. The Morgan fingerprint density at radius 3 is 2.16 bits per heavy atom. The number of nitrogens with zero attached hydrogens (tertiary/aromatic N) is 3. The molecule has 0 saturated heterocycles. The van der Waals surface area contributed by atoms with E-state index in [2.05, 4.69) is 47.9 Å². The van der Waals surface area contributed by atoms with Gasteiger partial charge in [-0.25, -0.2) is 9.97 Å². The maximum absolute atomic E-state index is 12.3. The van der Waals surface area contributed by atoms with Crippen LogP contribution in [0.1, 0.15) is 62.5 Å². The summed E-state index contributed by atoms with van der Waals surface area (Å²) in [6.45, 7) is 10.5. The van der Waals surface area contributed by atoms with Crippen LogP contribution >= 0.6 is 0 Å². The van der Waals surface area contributed by atoms with E-state index >= 15 is 0 Å². The SMILES string of the molecule is CCCN(CCC)c1cnc(C(=O)Nc2ccc(C(C)C)cc2)cn1. The monoisotopic (exact) mass is 340 g/mol. The lowest BCUT2D eigenvalue weighted by Crippen LogP contribution is -2.26. The van der Waals surface area contributed by atoms with Gasteiger partial charge in [-0.15, -0.1) is 0 Å². The number of benzene rings is 1. The van der Waals surface area contributed by atoms with Gasteiger partial charge in [0, 0.05) is 18.8 Å².